The van der Waals surface area contributed by atoms with E-state index in [1.165, 1.54) is 12.1 Å². The number of nitrogen functional groups attached to an aromatic ring is 1. The minimum atomic E-state index is -3.75. The number of nitro groups is 1. The van der Waals surface area contributed by atoms with Crippen molar-refractivity contribution < 1.29 is 13.3 Å². The molecule has 4 N–H and O–H groups in total. The SMILES string of the molecule is CCCC1CC1NS(=O)(=O)c1ccc(NN)c([N+](=O)[O-])c1. The largest absolute Gasteiger partial charge is 0.318 e. The molecule has 9 heteroatoms. The second-order valence-electron chi connectivity index (χ2n) is 5.09. The van der Waals surface area contributed by atoms with Gasteiger partial charge in [0.25, 0.3) is 5.69 Å². The minimum Gasteiger partial charge on any atom is -0.318 e. The van der Waals surface area contributed by atoms with E-state index in [2.05, 4.69) is 10.1 Å². The molecule has 1 aliphatic carbocycles. The lowest BCUT2D eigenvalue weighted by atomic mass is 10.2. The first kappa shape index (κ1) is 15.7. The third-order valence-corrected chi connectivity index (χ3v) is 5.01. The van der Waals surface area contributed by atoms with E-state index < -0.39 is 14.9 Å². The van der Waals surface area contributed by atoms with Gasteiger partial charge in [-0.25, -0.2) is 13.1 Å². The summed E-state index contributed by atoms with van der Waals surface area (Å²) in [5.74, 6) is 5.54. The molecule has 8 nitrogen and oxygen atoms in total. The van der Waals surface area contributed by atoms with Gasteiger partial charge in [0, 0.05) is 12.1 Å². The Morgan fingerprint density at radius 3 is 2.76 bits per heavy atom. The Hall–Kier alpha value is -1.71. The first-order valence-electron chi connectivity index (χ1n) is 6.66. The fraction of sp³-hybridized carbons (Fsp3) is 0.500. The van der Waals surface area contributed by atoms with Crippen LogP contribution in [0.4, 0.5) is 11.4 Å². The van der Waals surface area contributed by atoms with Crippen molar-refractivity contribution in [2.75, 3.05) is 5.43 Å². The van der Waals surface area contributed by atoms with Crippen molar-refractivity contribution in [2.24, 2.45) is 11.8 Å². The van der Waals surface area contributed by atoms with Gasteiger partial charge in [-0.2, -0.15) is 0 Å². The summed E-state index contributed by atoms with van der Waals surface area (Å²) >= 11 is 0. The van der Waals surface area contributed by atoms with Gasteiger partial charge < -0.3 is 5.43 Å². The molecule has 2 unspecified atom stereocenters. The summed E-state index contributed by atoms with van der Waals surface area (Å²) < 4.78 is 27.0. The number of hydrogen-bond acceptors (Lipinski definition) is 6. The van der Waals surface area contributed by atoms with E-state index in [-0.39, 0.29) is 22.3 Å². The first-order chi connectivity index (χ1) is 9.89. The number of nitrogens with one attached hydrogen (secondary N) is 2. The second kappa shape index (κ2) is 5.96. The summed E-state index contributed by atoms with van der Waals surface area (Å²) in [6.45, 7) is 2.05. The molecule has 1 aliphatic rings. The highest BCUT2D eigenvalue weighted by molar-refractivity contribution is 7.89. The Morgan fingerprint density at radius 2 is 2.19 bits per heavy atom. The highest BCUT2D eigenvalue weighted by Gasteiger charge is 2.39. The number of hydrogen-bond donors (Lipinski definition) is 3. The zero-order chi connectivity index (χ0) is 15.6. The van der Waals surface area contributed by atoms with Crippen molar-refractivity contribution in [3.05, 3.63) is 28.3 Å². The summed E-state index contributed by atoms with van der Waals surface area (Å²) in [6.07, 6.45) is 2.80. The third-order valence-electron chi connectivity index (χ3n) is 3.52. The van der Waals surface area contributed by atoms with Crippen LogP contribution in [0.5, 0.6) is 0 Å². The van der Waals surface area contributed by atoms with Crippen molar-refractivity contribution in [3.63, 3.8) is 0 Å². The van der Waals surface area contributed by atoms with Crippen LogP contribution in [0.1, 0.15) is 26.2 Å². The average Bonchev–Trinajstić information content (AvgIpc) is 3.15. The molecule has 0 radical (unpaired) electrons. The summed E-state index contributed by atoms with van der Waals surface area (Å²) in [7, 11) is -3.75. The number of rotatable bonds is 7. The van der Waals surface area contributed by atoms with Gasteiger partial charge in [0.05, 0.1) is 9.82 Å². The molecule has 1 aromatic carbocycles. The number of nitro benzene ring substituents is 1. The highest BCUT2D eigenvalue weighted by Crippen LogP contribution is 2.36. The molecule has 0 amide bonds. The fourth-order valence-electron chi connectivity index (χ4n) is 2.30. The summed E-state index contributed by atoms with van der Waals surface area (Å²) in [4.78, 5) is 10.1. The monoisotopic (exact) mass is 314 g/mol. The molecule has 2 rings (SSSR count). The van der Waals surface area contributed by atoms with E-state index in [4.69, 9.17) is 5.84 Å². The molecule has 116 valence electrons. The van der Waals surface area contributed by atoms with Crippen molar-refractivity contribution in [1.82, 2.24) is 4.72 Å². The van der Waals surface area contributed by atoms with Crippen LogP contribution < -0.4 is 16.0 Å². The van der Waals surface area contributed by atoms with Gasteiger partial charge in [-0.3, -0.25) is 16.0 Å². The predicted molar refractivity (Wildman–Crippen MR) is 78.0 cm³/mol. The number of anilines is 1. The fourth-order valence-corrected chi connectivity index (χ4v) is 3.64. The molecule has 21 heavy (non-hydrogen) atoms. The van der Waals surface area contributed by atoms with Crippen LogP contribution in [0, 0.1) is 16.0 Å². The van der Waals surface area contributed by atoms with Crippen LogP contribution in [0.3, 0.4) is 0 Å². The molecule has 2 atom stereocenters. The molecule has 0 heterocycles. The van der Waals surface area contributed by atoms with Gasteiger partial charge in [0.1, 0.15) is 5.69 Å². The zero-order valence-corrected chi connectivity index (χ0v) is 12.4. The van der Waals surface area contributed by atoms with E-state index in [0.717, 1.165) is 25.3 Å². The number of nitrogens with zero attached hydrogens (tertiary/aromatic N) is 1. The molecular weight excluding hydrogens is 296 g/mol. The van der Waals surface area contributed by atoms with Crippen molar-refractivity contribution in [2.45, 2.75) is 37.1 Å². The van der Waals surface area contributed by atoms with E-state index >= 15 is 0 Å². The highest BCUT2D eigenvalue weighted by atomic mass is 32.2. The van der Waals surface area contributed by atoms with Crippen LogP contribution in [0.25, 0.3) is 0 Å². The number of hydrazine groups is 1. The van der Waals surface area contributed by atoms with Crippen LogP contribution in [-0.4, -0.2) is 19.4 Å². The molecule has 1 aromatic rings. The Morgan fingerprint density at radius 1 is 1.48 bits per heavy atom. The smallest absolute Gasteiger partial charge is 0.294 e. The topological polar surface area (TPSA) is 127 Å². The standard InChI is InChI=1S/C12H18N4O4S/c1-2-3-8-6-11(8)15-21(19,20)9-4-5-10(14-13)12(7-9)16(17)18/h4-5,7-8,11,14-15H,2-3,6,13H2,1H3. The zero-order valence-electron chi connectivity index (χ0n) is 11.6. The van der Waals surface area contributed by atoms with Crippen molar-refractivity contribution >= 4 is 21.4 Å². The first-order valence-corrected chi connectivity index (χ1v) is 8.14. The van der Waals surface area contributed by atoms with Crippen molar-refractivity contribution in [3.8, 4) is 0 Å². The quantitative estimate of drug-likeness (QED) is 0.396. The van der Waals surface area contributed by atoms with Crippen LogP contribution in [-0.2, 0) is 10.0 Å². The number of nitrogens with two attached hydrogens (primary N) is 1. The van der Waals surface area contributed by atoms with Crippen LogP contribution in [0.2, 0.25) is 0 Å². The molecule has 0 aliphatic heterocycles. The van der Waals surface area contributed by atoms with Crippen LogP contribution in [0.15, 0.2) is 23.1 Å². The van der Waals surface area contributed by atoms with Gasteiger partial charge in [0.15, 0.2) is 0 Å². The molecule has 0 spiro atoms. The Kier molecular flexibility index (Phi) is 4.45. The summed E-state index contributed by atoms with van der Waals surface area (Å²) in [5.41, 5.74) is 1.87. The Bertz CT molecular complexity index is 647. The van der Waals surface area contributed by atoms with Gasteiger partial charge >= 0.3 is 0 Å². The summed E-state index contributed by atoms with van der Waals surface area (Å²) in [5, 5.41) is 10.9. The molecule has 0 bridgehead atoms. The van der Waals surface area contributed by atoms with Gasteiger partial charge in [-0.1, -0.05) is 13.3 Å². The van der Waals surface area contributed by atoms with E-state index in [0.29, 0.717) is 5.92 Å². The van der Waals surface area contributed by atoms with Crippen molar-refractivity contribution in [1.29, 1.82) is 0 Å². The van der Waals surface area contributed by atoms with Crippen LogP contribution >= 0.6 is 0 Å². The maximum Gasteiger partial charge on any atom is 0.294 e. The van der Waals surface area contributed by atoms with Gasteiger partial charge in [0.2, 0.25) is 10.0 Å². The van der Waals surface area contributed by atoms with Gasteiger partial charge in [-0.05, 0) is 30.9 Å². The number of benzene rings is 1. The lowest BCUT2D eigenvalue weighted by Crippen LogP contribution is -2.27. The molecule has 0 aromatic heterocycles. The average molecular weight is 314 g/mol. The number of sulfonamides is 1. The third kappa shape index (κ3) is 3.49. The summed E-state index contributed by atoms with van der Waals surface area (Å²) in [6, 6.07) is 3.51. The maximum atomic E-state index is 12.2. The molecule has 1 fully saturated rings. The Balaban J connectivity index is 2.21. The molecule has 1 saturated carbocycles. The van der Waals surface area contributed by atoms with E-state index in [1.807, 2.05) is 6.92 Å². The Labute approximate surface area is 122 Å². The van der Waals surface area contributed by atoms with E-state index in [1.54, 1.807) is 0 Å². The van der Waals surface area contributed by atoms with Gasteiger partial charge in [-0.15, -0.1) is 0 Å². The predicted octanol–water partition coefficient (Wildman–Crippen LogP) is 1.35. The molecule has 0 saturated heterocycles. The van der Waals surface area contributed by atoms with E-state index in [9.17, 15) is 18.5 Å². The second-order valence-corrected chi connectivity index (χ2v) is 6.81. The maximum absolute atomic E-state index is 12.2. The normalized spacial score (nSPS) is 21.0. The lowest BCUT2D eigenvalue weighted by Gasteiger charge is -2.08. The minimum absolute atomic E-state index is 0.0641. The lowest BCUT2D eigenvalue weighted by molar-refractivity contribution is -0.384. The molecular formula is C12H18N4O4S.